The molecule has 0 atom stereocenters. The Labute approximate surface area is 186 Å². The summed E-state index contributed by atoms with van der Waals surface area (Å²) in [6.07, 6.45) is 0. The van der Waals surface area contributed by atoms with Crippen molar-refractivity contribution >= 4 is 54.4 Å². The highest BCUT2D eigenvalue weighted by Crippen LogP contribution is 2.34. The summed E-state index contributed by atoms with van der Waals surface area (Å²) in [7, 11) is -7.68. The lowest BCUT2D eigenvalue weighted by Gasteiger charge is -2.31. The van der Waals surface area contributed by atoms with Crippen LogP contribution in [0.25, 0.3) is 0 Å². The lowest BCUT2D eigenvalue weighted by Crippen LogP contribution is -2.37. The van der Waals surface area contributed by atoms with Crippen LogP contribution in [0.3, 0.4) is 0 Å². The third kappa shape index (κ3) is 4.92. The molecule has 2 heterocycles. The molecule has 3 rings (SSSR count). The van der Waals surface area contributed by atoms with Crippen LogP contribution in [0, 0.1) is 0 Å². The van der Waals surface area contributed by atoms with Crippen LogP contribution in [0.1, 0.15) is 13.8 Å². The Morgan fingerprint density at radius 1 is 1.10 bits per heavy atom. The van der Waals surface area contributed by atoms with E-state index in [1.165, 1.54) is 28.6 Å². The molecule has 1 aliphatic heterocycles. The average molecular weight is 494 g/mol. The molecule has 2 aromatic rings. The van der Waals surface area contributed by atoms with Gasteiger partial charge in [0.2, 0.25) is 10.0 Å². The fourth-order valence-electron chi connectivity index (χ4n) is 3.19. The molecule has 1 aromatic heterocycles. The Morgan fingerprint density at radius 3 is 2.33 bits per heavy atom. The van der Waals surface area contributed by atoms with Gasteiger partial charge in [0.05, 0.1) is 33.8 Å². The van der Waals surface area contributed by atoms with Gasteiger partial charge in [0.15, 0.2) is 0 Å². The van der Waals surface area contributed by atoms with Crippen LogP contribution < -0.4 is 9.62 Å². The molecule has 0 saturated carbocycles. The van der Waals surface area contributed by atoms with Crippen LogP contribution in [-0.4, -0.2) is 60.5 Å². The summed E-state index contributed by atoms with van der Waals surface area (Å²) in [6.45, 7) is 6.31. The molecule has 0 bridgehead atoms. The molecule has 1 saturated heterocycles. The average Bonchev–Trinajstić information content (AvgIpc) is 3.16. The van der Waals surface area contributed by atoms with Crippen molar-refractivity contribution in [2.24, 2.45) is 0 Å². The summed E-state index contributed by atoms with van der Waals surface area (Å²) in [4.78, 5) is 2.00. The highest BCUT2D eigenvalue weighted by atomic mass is 35.5. The van der Waals surface area contributed by atoms with Gasteiger partial charge < -0.3 is 9.64 Å². The van der Waals surface area contributed by atoms with Gasteiger partial charge in [0, 0.05) is 26.2 Å². The highest BCUT2D eigenvalue weighted by Gasteiger charge is 2.26. The first-order valence-corrected chi connectivity index (χ1v) is 13.6. The zero-order chi connectivity index (χ0) is 21.9. The number of halogens is 1. The number of morpholine rings is 1. The Hall–Kier alpha value is -1.37. The monoisotopic (exact) mass is 493 g/mol. The fraction of sp³-hybridized carbons (Fsp3) is 0.444. The Kier molecular flexibility index (Phi) is 7.31. The number of hydrogen-bond acceptors (Lipinski definition) is 7. The van der Waals surface area contributed by atoms with E-state index in [4.69, 9.17) is 16.3 Å². The second-order valence-electron chi connectivity index (χ2n) is 6.53. The number of anilines is 2. The number of thiophene rings is 1. The molecule has 8 nitrogen and oxygen atoms in total. The molecule has 1 N–H and O–H groups in total. The van der Waals surface area contributed by atoms with Gasteiger partial charge in [-0.1, -0.05) is 25.4 Å². The molecular weight excluding hydrogens is 470 g/mol. The van der Waals surface area contributed by atoms with E-state index in [9.17, 15) is 16.8 Å². The van der Waals surface area contributed by atoms with Crippen LogP contribution in [0.4, 0.5) is 11.4 Å². The van der Waals surface area contributed by atoms with Crippen molar-refractivity contribution in [1.29, 1.82) is 0 Å². The topological polar surface area (TPSA) is 96.0 Å². The molecule has 0 radical (unpaired) electrons. The van der Waals surface area contributed by atoms with E-state index in [2.05, 4.69) is 4.72 Å². The Morgan fingerprint density at radius 2 is 1.77 bits per heavy atom. The summed E-state index contributed by atoms with van der Waals surface area (Å²) in [5, 5.41) is 0. The second-order valence-corrected chi connectivity index (χ2v) is 12.1. The number of hydrogen-bond donors (Lipinski definition) is 1. The fourth-order valence-corrected chi connectivity index (χ4v) is 7.22. The first-order valence-electron chi connectivity index (χ1n) is 9.44. The summed E-state index contributed by atoms with van der Waals surface area (Å²) >= 11 is 6.83. The van der Waals surface area contributed by atoms with Crippen LogP contribution in [0.2, 0.25) is 4.34 Å². The minimum Gasteiger partial charge on any atom is -0.378 e. The van der Waals surface area contributed by atoms with Crippen molar-refractivity contribution in [3.63, 3.8) is 0 Å². The van der Waals surface area contributed by atoms with Gasteiger partial charge in [-0.15, -0.1) is 11.3 Å². The Balaban J connectivity index is 2.06. The van der Waals surface area contributed by atoms with E-state index >= 15 is 0 Å². The summed E-state index contributed by atoms with van der Waals surface area (Å²) in [5.41, 5.74) is 0.803. The van der Waals surface area contributed by atoms with Gasteiger partial charge in [-0.3, -0.25) is 4.72 Å². The predicted octanol–water partition coefficient (Wildman–Crippen LogP) is 3.07. The van der Waals surface area contributed by atoms with Crippen molar-refractivity contribution in [3.8, 4) is 0 Å². The Bertz CT molecular complexity index is 1090. The van der Waals surface area contributed by atoms with E-state index in [1.807, 2.05) is 4.90 Å². The van der Waals surface area contributed by atoms with Gasteiger partial charge in [0.1, 0.15) is 4.21 Å². The van der Waals surface area contributed by atoms with Gasteiger partial charge in [-0.05, 0) is 30.3 Å². The quantitative estimate of drug-likeness (QED) is 0.607. The molecule has 0 unspecified atom stereocenters. The number of benzene rings is 1. The number of sulfonamides is 2. The van der Waals surface area contributed by atoms with Crippen molar-refractivity contribution in [1.82, 2.24) is 4.31 Å². The summed E-state index contributed by atoms with van der Waals surface area (Å²) < 4.78 is 61.4. The number of nitrogens with one attached hydrogen (secondary N) is 1. The molecule has 0 aliphatic carbocycles. The lowest BCUT2D eigenvalue weighted by molar-refractivity contribution is 0.123. The van der Waals surface area contributed by atoms with Crippen molar-refractivity contribution in [2.75, 3.05) is 49.0 Å². The zero-order valence-corrected chi connectivity index (χ0v) is 19.9. The summed E-state index contributed by atoms with van der Waals surface area (Å²) in [6, 6.07) is 7.45. The minimum absolute atomic E-state index is 0.0325. The lowest BCUT2D eigenvalue weighted by atomic mass is 10.2. The molecular formula is C18H24ClN3O5S3. The van der Waals surface area contributed by atoms with Crippen LogP contribution >= 0.6 is 22.9 Å². The normalized spacial score (nSPS) is 15.5. The molecule has 1 aromatic carbocycles. The van der Waals surface area contributed by atoms with Crippen molar-refractivity contribution < 1.29 is 21.6 Å². The van der Waals surface area contributed by atoms with Gasteiger partial charge in [0.25, 0.3) is 10.0 Å². The second kappa shape index (κ2) is 9.41. The maximum atomic E-state index is 13.0. The van der Waals surface area contributed by atoms with Gasteiger partial charge in [-0.25, -0.2) is 16.8 Å². The third-order valence-corrected chi connectivity index (χ3v) is 9.86. The summed E-state index contributed by atoms with van der Waals surface area (Å²) in [5.74, 6) is 0. The predicted molar refractivity (Wildman–Crippen MR) is 120 cm³/mol. The van der Waals surface area contributed by atoms with Crippen LogP contribution in [0.5, 0.6) is 0 Å². The molecule has 30 heavy (non-hydrogen) atoms. The smallest absolute Gasteiger partial charge is 0.271 e. The molecule has 1 fully saturated rings. The van der Waals surface area contributed by atoms with E-state index < -0.39 is 20.0 Å². The standard InChI is InChI=1S/C18H24ClN3O5S3/c1-3-22(4-2)30(25,26)14-5-6-16(21-9-11-27-12-10-21)15(13-14)20-29(23,24)18-8-7-17(19)28-18/h5-8,13,20H,3-4,9-12H2,1-2H3. The first-order chi connectivity index (χ1) is 14.2. The largest absolute Gasteiger partial charge is 0.378 e. The maximum absolute atomic E-state index is 13.0. The van der Waals surface area contributed by atoms with E-state index in [0.717, 1.165) is 11.3 Å². The molecule has 1 aliphatic rings. The van der Waals surface area contributed by atoms with E-state index in [1.54, 1.807) is 19.9 Å². The maximum Gasteiger partial charge on any atom is 0.271 e. The number of ether oxygens (including phenoxy) is 1. The number of nitrogens with zero attached hydrogens (tertiary/aromatic N) is 2. The zero-order valence-electron chi connectivity index (χ0n) is 16.7. The first kappa shape index (κ1) is 23.3. The van der Waals surface area contributed by atoms with Crippen molar-refractivity contribution in [2.45, 2.75) is 23.0 Å². The van der Waals surface area contributed by atoms with E-state index in [0.29, 0.717) is 49.4 Å². The third-order valence-electron chi connectivity index (χ3n) is 4.72. The van der Waals surface area contributed by atoms with E-state index in [-0.39, 0.29) is 14.8 Å². The molecule has 0 spiro atoms. The highest BCUT2D eigenvalue weighted by molar-refractivity contribution is 7.94. The SMILES string of the molecule is CCN(CC)S(=O)(=O)c1ccc(N2CCOCC2)c(NS(=O)(=O)c2ccc(Cl)s2)c1. The van der Waals surface area contributed by atoms with Crippen molar-refractivity contribution in [3.05, 3.63) is 34.7 Å². The minimum atomic E-state index is -3.93. The van der Waals surface area contributed by atoms with Crippen LogP contribution in [0.15, 0.2) is 39.4 Å². The number of rotatable bonds is 8. The van der Waals surface area contributed by atoms with Crippen LogP contribution in [-0.2, 0) is 24.8 Å². The molecule has 12 heteroatoms. The van der Waals surface area contributed by atoms with Gasteiger partial charge >= 0.3 is 0 Å². The molecule has 166 valence electrons. The molecule has 0 amide bonds. The van der Waals surface area contributed by atoms with Gasteiger partial charge in [-0.2, -0.15) is 4.31 Å².